The molecule has 1 atom stereocenters. The molecule has 1 aromatic carbocycles. The number of esters is 1. The first-order valence-corrected chi connectivity index (χ1v) is 8.60. The maximum atomic E-state index is 13.1. The van der Waals surface area contributed by atoms with Crippen LogP contribution < -0.4 is 10.5 Å². The molecule has 0 heterocycles. The standard InChI is InChI=1S/C14H17F3N2O4S/c1-23-13(20)10-5-4-9(6-11(10)14(15,16)17)24(21,22)19-12(7-18)8-2-3-8/h4-6,8,12,19H,2-3,7,18H2,1H3. The number of carbonyl (C=O) groups is 1. The first kappa shape index (κ1) is 18.7. The molecule has 0 bridgehead atoms. The number of hydrogen-bond acceptors (Lipinski definition) is 5. The van der Waals surface area contributed by atoms with Crippen molar-refractivity contribution in [1.82, 2.24) is 4.72 Å². The van der Waals surface area contributed by atoms with Crippen molar-refractivity contribution in [2.24, 2.45) is 11.7 Å². The number of rotatable bonds is 6. The lowest BCUT2D eigenvalue weighted by molar-refractivity contribution is -0.138. The van der Waals surface area contributed by atoms with E-state index in [9.17, 15) is 26.4 Å². The van der Waals surface area contributed by atoms with Crippen molar-refractivity contribution in [3.05, 3.63) is 29.3 Å². The van der Waals surface area contributed by atoms with Crippen LogP contribution in [0.3, 0.4) is 0 Å². The first-order valence-electron chi connectivity index (χ1n) is 7.12. The van der Waals surface area contributed by atoms with E-state index >= 15 is 0 Å². The Balaban J connectivity index is 2.41. The molecule has 1 unspecified atom stereocenters. The van der Waals surface area contributed by atoms with Crippen LogP contribution in [0.25, 0.3) is 0 Å². The molecule has 134 valence electrons. The van der Waals surface area contributed by atoms with Crippen LogP contribution in [0.15, 0.2) is 23.1 Å². The Bertz CT molecular complexity index is 730. The summed E-state index contributed by atoms with van der Waals surface area (Å²) in [5.41, 5.74) is 3.40. The molecular formula is C14H17F3N2O4S. The number of ether oxygens (including phenoxy) is 1. The van der Waals surface area contributed by atoms with Crippen LogP contribution in [0.1, 0.15) is 28.8 Å². The van der Waals surface area contributed by atoms with Crippen LogP contribution in [-0.2, 0) is 20.9 Å². The highest BCUT2D eigenvalue weighted by molar-refractivity contribution is 7.89. The van der Waals surface area contributed by atoms with Crippen molar-refractivity contribution in [2.75, 3.05) is 13.7 Å². The average Bonchev–Trinajstić information content (AvgIpc) is 3.35. The molecule has 1 aromatic rings. The van der Waals surface area contributed by atoms with Gasteiger partial charge in [-0.2, -0.15) is 13.2 Å². The summed E-state index contributed by atoms with van der Waals surface area (Å²) in [6.07, 6.45) is -3.27. The van der Waals surface area contributed by atoms with E-state index in [0.717, 1.165) is 32.1 Å². The van der Waals surface area contributed by atoms with Crippen LogP contribution in [0.5, 0.6) is 0 Å². The molecule has 0 spiro atoms. The topological polar surface area (TPSA) is 98.5 Å². The third-order valence-corrected chi connectivity index (χ3v) is 5.25. The Morgan fingerprint density at radius 2 is 2.04 bits per heavy atom. The highest BCUT2D eigenvalue weighted by Crippen LogP contribution is 2.35. The van der Waals surface area contributed by atoms with Gasteiger partial charge in [0.25, 0.3) is 0 Å². The summed E-state index contributed by atoms with van der Waals surface area (Å²) in [6, 6.07) is 1.63. The molecule has 2 rings (SSSR count). The van der Waals surface area contributed by atoms with E-state index in [-0.39, 0.29) is 12.5 Å². The van der Waals surface area contributed by atoms with Gasteiger partial charge in [0.15, 0.2) is 0 Å². The van der Waals surface area contributed by atoms with Crippen LogP contribution >= 0.6 is 0 Å². The molecule has 10 heteroatoms. The van der Waals surface area contributed by atoms with Gasteiger partial charge in [0.05, 0.1) is 23.1 Å². The first-order chi connectivity index (χ1) is 11.1. The number of halogens is 3. The van der Waals surface area contributed by atoms with Crippen molar-refractivity contribution in [2.45, 2.75) is 30.0 Å². The minimum atomic E-state index is -4.90. The Labute approximate surface area is 137 Å². The number of nitrogens with one attached hydrogen (secondary N) is 1. The largest absolute Gasteiger partial charge is 0.465 e. The maximum Gasteiger partial charge on any atom is 0.417 e. The summed E-state index contributed by atoms with van der Waals surface area (Å²) in [4.78, 5) is 10.9. The second kappa shape index (κ2) is 6.69. The van der Waals surface area contributed by atoms with Crippen LogP contribution in [0, 0.1) is 5.92 Å². The molecule has 24 heavy (non-hydrogen) atoms. The summed E-state index contributed by atoms with van der Waals surface area (Å²) < 4.78 is 70.7. The molecule has 3 N–H and O–H groups in total. The minimum Gasteiger partial charge on any atom is -0.465 e. The van der Waals surface area contributed by atoms with Gasteiger partial charge in [0, 0.05) is 12.6 Å². The Morgan fingerprint density at radius 3 is 2.50 bits per heavy atom. The predicted molar refractivity (Wildman–Crippen MR) is 78.7 cm³/mol. The molecule has 0 radical (unpaired) electrons. The number of benzene rings is 1. The SMILES string of the molecule is COC(=O)c1ccc(S(=O)(=O)NC(CN)C2CC2)cc1C(F)(F)F. The number of carbonyl (C=O) groups excluding carboxylic acids is 1. The maximum absolute atomic E-state index is 13.1. The second-order valence-electron chi connectivity index (χ2n) is 5.50. The molecule has 6 nitrogen and oxygen atoms in total. The van der Waals surface area contributed by atoms with Gasteiger partial charge in [0.2, 0.25) is 10.0 Å². The average molecular weight is 366 g/mol. The minimum absolute atomic E-state index is 0.0519. The van der Waals surface area contributed by atoms with Crippen LogP contribution in [0.4, 0.5) is 13.2 Å². The number of alkyl halides is 3. The monoisotopic (exact) mass is 366 g/mol. The van der Waals surface area contributed by atoms with Gasteiger partial charge in [0.1, 0.15) is 0 Å². The fourth-order valence-corrected chi connectivity index (χ4v) is 3.66. The third kappa shape index (κ3) is 4.05. The van der Waals surface area contributed by atoms with Crippen molar-refractivity contribution in [1.29, 1.82) is 0 Å². The van der Waals surface area contributed by atoms with Crippen LogP contribution in [0.2, 0.25) is 0 Å². The van der Waals surface area contributed by atoms with Crippen LogP contribution in [-0.4, -0.2) is 34.1 Å². The van der Waals surface area contributed by atoms with Gasteiger partial charge in [-0.05, 0) is 37.0 Å². The van der Waals surface area contributed by atoms with Crippen molar-refractivity contribution < 1.29 is 31.1 Å². The molecule has 1 saturated carbocycles. The predicted octanol–water partition coefficient (Wildman–Crippen LogP) is 1.51. The molecule has 1 aliphatic rings. The molecule has 1 fully saturated rings. The van der Waals surface area contributed by atoms with E-state index < -0.39 is 44.2 Å². The van der Waals surface area contributed by atoms with Gasteiger partial charge in [-0.15, -0.1) is 0 Å². The zero-order valence-electron chi connectivity index (χ0n) is 12.8. The highest BCUT2D eigenvalue weighted by Gasteiger charge is 2.38. The van der Waals surface area contributed by atoms with Gasteiger partial charge < -0.3 is 10.5 Å². The molecule has 0 aliphatic heterocycles. The van der Waals surface area contributed by atoms with E-state index in [1.165, 1.54) is 0 Å². The van der Waals surface area contributed by atoms with E-state index in [1.807, 2.05) is 0 Å². The van der Waals surface area contributed by atoms with Gasteiger partial charge in [-0.25, -0.2) is 17.9 Å². The fourth-order valence-electron chi connectivity index (χ4n) is 2.32. The van der Waals surface area contributed by atoms with Gasteiger partial charge in [-0.3, -0.25) is 0 Å². The van der Waals surface area contributed by atoms with E-state index in [4.69, 9.17) is 5.73 Å². The summed E-state index contributed by atoms with van der Waals surface area (Å²) in [6.45, 7) is 0.0519. The lowest BCUT2D eigenvalue weighted by atomic mass is 10.1. The summed E-state index contributed by atoms with van der Waals surface area (Å²) in [5, 5.41) is 0. The van der Waals surface area contributed by atoms with E-state index in [0.29, 0.717) is 6.07 Å². The van der Waals surface area contributed by atoms with E-state index in [2.05, 4.69) is 9.46 Å². The fraction of sp³-hybridized carbons (Fsp3) is 0.500. The second-order valence-corrected chi connectivity index (χ2v) is 7.21. The normalized spacial score (nSPS) is 16.7. The molecular weight excluding hydrogens is 349 g/mol. The highest BCUT2D eigenvalue weighted by atomic mass is 32.2. The summed E-state index contributed by atoms with van der Waals surface area (Å²) in [5.74, 6) is -1.10. The number of methoxy groups -OCH3 is 1. The van der Waals surface area contributed by atoms with Crippen molar-refractivity contribution in [3.63, 3.8) is 0 Å². The number of nitrogens with two attached hydrogens (primary N) is 1. The Kier molecular flexibility index (Phi) is 5.21. The number of sulfonamides is 1. The number of hydrogen-bond donors (Lipinski definition) is 2. The van der Waals surface area contributed by atoms with E-state index in [1.54, 1.807) is 0 Å². The molecule has 0 aromatic heterocycles. The quantitative estimate of drug-likeness (QED) is 0.744. The molecule has 0 saturated heterocycles. The lowest BCUT2D eigenvalue weighted by Gasteiger charge is -2.18. The zero-order chi connectivity index (χ0) is 18.1. The zero-order valence-corrected chi connectivity index (χ0v) is 13.6. The lowest BCUT2D eigenvalue weighted by Crippen LogP contribution is -2.41. The smallest absolute Gasteiger partial charge is 0.417 e. The Morgan fingerprint density at radius 1 is 1.42 bits per heavy atom. The van der Waals surface area contributed by atoms with Crippen molar-refractivity contribution in [3.8, 4) is 0 Å². The third-order valence-electron chi connectivity index (χ3n) is 3.76. The van der Waals surface area contributed by atoms with Gasteiger partial charge in [-0.1, -0.05) is 0 Å². The van der Waals surface area contributed by atoms with Crippen molar-refractivity contribution >= 4 is 16.0 Å². The summed E-state index contributed by atoms with van der Waals surface area (Å²) in [7, 11) is -3.25. The summed E-state index contributed by atoms with van der Waals surface area (Å²) >= 11 is 0. The van der Waals surface area contributed by atoms with Gasteiger partial charge >= 0.3 is 12.1 Å². The molecule has 1 aliphatic carbocycles. The Hall–Kier alpha value is -1.65. The molecule has 0 amide bonds.